The summed E-state index contributed by atoms with van der Waals surface area (Å²) in [5.41, 5.74) is 1.03. The van der Waals surface area contributed by atoms with Gasteiger partial charge in [0, 0.05) is 17.1 Å². The van der Waals surface area contributed by atoms with Crippen LogP contribution in [0, 0.1) is 5.92 Å². The fourth-order valence-corrected chi connectivity index (χ4v) is 2.26. The lowest BCUT2D eigenvalue weighted by atomic mass is 9.99. The van der Waals surface area contributed by atoms with Crippen molar-refractivity contribution in [3.05, 3.63) is 40.4 Å². The molecule has 0 radical (unpaired) electrons. The van der Waals surface area contributed by atoms with Crippen LogP contribution in [0.1, 0.15) is 45.1 Å². The van der Waals surface area contributed by atoms with Gasteiger partial charge in [-0.05, 0) is 36.1 Å². The fraction of sp³-hybridized carbons (Fsp3) is 0.471. The van der Waals surface area contributed by atoms with Gasteiger partial charge in [-0.2, -0.15) is 0 Å². The molecule has 0 aliphatic heterocycles. The second-order valence-corrected chi connectivity index (χ2v) is 5.96. The maximum atomic E-state index is 11.8. The summed E-state index contributed by atoms with van der Waals surface area (Å²) >= 11 is 3.39. The number of hydrogen-bond acceptors (Lipinski definition) is 1. The molecule has 0 saturated carbocycles. The minimum Gasteiger partial charge on any atom is -0.352 e. The van der Waals surface area contributed by atoms with Gasteiger partial charge in [0.2, 0.25) is 5.91 Å². The van der Waals surface area contributed by atoms with Crippen molar-refractivity contribution in [3.8, 4) is 0 Å². The molecular weight excluding hydrogens is 314 g/mol. The number of benzene rings is 1. The summed E-state index contributed by atoms with van der Waals surface area (Å²) in [5.74, 6) is 0.586. The van der Waals surface area contributed by atoms with Crippen molar-refractivity contribution in [1.29, 1.82) is 0 Å². The molecular formula is C17H24BrNO. The number of unbranched alkanes of at least 4 members (excludes halogenated alkanes) is 1. The van der Waals surface area contributed by atoms with Crippen molar-refractivity contribution in [2.24, 2.45) is 5.92 Å². The minimum atomic E-state index is -0.0112. The van der Waals surface area contributed by atoms with Crippen molar-refractivity contribution < 1.29 is 4.79 Å². The molecule has 1 N–H and O–H groups in total. The van der Waals surface area contributed by atoms with Crippen LogP contribution >= 0.6 is 15.9 Å². The van der Waals surface area contributed by atoms with E-state index in [1.807, 2.05) is 30.3 Å². The molecule has 0 fully saturated rings. The van der Waals surface area contributed by atoms with Crippen LogP contribution in [-0.2, 0) is 4.79 Å². The van der Waals surface area contributed by atoms with Gasteiger partial charge in [0.1, 0.15) is 0 Å². The number of amides is 1. The molecule has 1 aromatic carbocycles. The van der Waals surface area contributed by atoms with E-state index >= 15 is 0 Å². The lowest BCUT2D eigenvalue weighted by Crippen LogP contribution is -2.27. The Balaban J connectivity index is 2.37. The second-order valence-electron chi connectivity index (χ2n) is 5.05. The van der Waals surface area contributed by atoms with Crippen molar-refractivity contribution in [2.45, 2.75) is 39.5 Å². The number of halogens is 1. The molecule has 0 aliphatic rings. The van der Waals surface area contributed by atoms with Crippen LogP contribution in [0.2, 0.25) is 0 Å². The summed E-state index contributed by atoms with van der Waals surface area (Å²) in [7, 11) is 0. The van der Waals surface area contributed by atoms with Gasteiger partial charge in [0.05, 0.1) is 0 Å². The molecule has 0 bridgehead atoms. The van der Waals surface area contributed by atoms with Crippen molar-refractivity contribution >= 4 is 27.9 Å². The zero-order valence-electron chi connectivity index (χ0n) is 12.4. The Kier molecular flexibility index (Phi) is 8.28. The lowest BCUT2D eigenvalue weighted by molar-refractivity contribution is -0.116. The topological polar surface area (TPSA) is 29.1 Å². The first-order valence-electron chi connectivity index (χ1n) is 7.37. The highest BCUT2D eigenvalue weighted by atomic mass is 79.9. The molecule has 0 aliphatic carbocycles. The van der Waals surface area contributed by atoms with Crippen LogP contribution < -0.4 is 5.32 Å². The van der Waals surface area contributed by atoms with Crippen molar-refractivity contribution in [1.82, 2.24) is 5.32 Å². The molecule has 1 amide bonds. The Morgan fingerprint density at radius 3 is 2.60 bits per heavy atom. The summed E-state index contributed by atoms with van der Waals surface area (Å²) < 4.78 is 1.04. The number of hydrogen-bond donors (Lipinski definition) is 1. The largest absolute Gasteiger partial charge is 0.352 e. The van der Waals surface area contributed by atoms with E-state index in [0.29, 0.717) is 5.92 Å². The van der Waals surface area contributed by atoms with Crippen molar-refractivity contribution in [2.75, 3.05) is 6.54 Å². The molecule has 2 nitrogen and oxygen atoms in total. The summed E-state index contributed by atoms with van der Waals surface area (Å²) in [6.07, 6.45) is 8.22. The molecule has 3 heteroatoms. The van der Waals surface area contributed by atoms with E-state index in [-0.39, 0.29) is 5.91 Å². The van der Waals surface area contributed by atoms with E-state index in [2.05, 4.69) is 35.1 Å². The average Bonchev–Trinajstić information content (AvgIpc) is 2.47. The van der Waals surface area contributed by atoms with Crippen LogP contribution in [0.3, 0.4) is 0 Å². The predicted molar refractivity (Wildman–Crippen MR) is 89.5 cm³/mol. The molecule has 0 spiro atoms. The Morgan fingerprint density at radius 1 is 1.30 bits per heavy atom. The molecule has 0 heterocycles. The number of carbonyl (C=O) groups excluding carboxylic acids is 1. The van der Waals surface area contributed by atoms with Crippen LogP contribution in [0.5, 0.6) is 0 Å². The molecule has 1 unspecified atom stereocenters. The zero-order valence-corrected chi connectivity index (χ0v) is 13.9. The number of rotatable bonds is 8. The van der Waals surface area contributed by atoms with E-state index in [4.69, 9.17) is 0 Å². The highest BCUT2D eigenvalue weighted by Gasteiger charge is 2.06. The highest BCUT2D eigenvalue weighted by molar-refractivity contribution is 9.10. The first-order chi connectivity index (χ1) is 9.65. The summed E-state index contributed by atoms with van der Waals surface area (Å²) in [6, 6.07) is 7.89. The van der Waals surface area contributed by atoms with Gasteiger partial charge in [-0.15, -0.1) is 0 Å². The Morgan fingerprint density at radius 2 is 2.00 bits per heavy atom. The summed E-state index contributed by atoms with van der Waals surface area (Å²) in [5, 5.41) is 2.99. The fourth-order valence-electron chi connectivity index (χ4n) is 1.99. The van der Waals surface area contributed by atoms with Gasteiger partial charge in [-0.25, -0.2) is 0 Å². The molecule has 20 heavy (non-hydrogen) atoms. The smallest absolute Gasteiger partial charge is 0.244 e. The molecule has 1 rings (SSSR count). The van der Waals surface area contributed by atoms with Gasteiger partial charge in [0.15, 0.2) is 0 Å². The maximum absolute atomic E-state index is 11.8. The number of nitrogens with one attached hydrogen (secondary N) is 1. The van der Waals surface area contributed by atoms with E-state index in [0.717, 1.165) is 23.0 Å². The Hall–Kier alpha value is -1.09. The van der Waals surface area contributed by atoms with Gasteiger partial charge in [-0.3, -0.25) is 4.79 Å². The van der Waals surface area contributed by atoms with E-state index < -0.39 is 0 Å². The summed E-state index contributed by atoms with van der Waals surface area (Å²) in [6.45, 7) is 5.16. The molecule has 0 saturated heterocycles. The molecule has 0 aromatic heterocycles. The highest BCUT2D eigenvalue weighted by Crippen LogP contribution is 2.12. The first-order valence-corrected chi connectivity index (χ1v) is 8.16. The van der Waals surface area contributed by atoms with Crippen LogP contribution in [-0.4, -0.2) is 12.5 Å². The molecule has 1 atom stereocenters. The third-order valence-corrected chi connectivity index (χ3v) is 3.93. The van der Waals surface area contributed by atoms with Crippen molar-refractivity contribution in [3.63, 3.8) is 0 Å². The van der Waals surface area contributed by atoms with E-state index in [9.17, 15) is 4.79 Å². The summed E-state index contributed by atoms with van der Waals surface area (Å²) in [4.78, 5) is 11.8. The Labute approximate surface area is 130 Å². The van der Waals surface area contributed by atoms with Crippen LogP contribution in [0.25, 0.3) is 6.08 Å². The average molecular weight is 338 g/mol. The zero-order chi connectivity index (χ0) is 14.8. The maximum Gasteiger partial charge on any atom is 0.244 e. The van der Waals surface area contributed by atoms with E-state index in [1.165, 1.54) is 19.3 Å². The standard InChI is InChI=1S/C17H24BrNO/c1-3-5-6-14(4-2)13-19-17(20)12-9-15-7-10-16(18)11-8-15/h7-12,14H,3-6,13H2,1-2H3,(H,19,20). The monoisotopic (exact) mass is 337 g/mol. The normalized spacial score (nSPS) is 12.6. The third-order valence-electron chi connectivity index (χ3n) is 3.41. The van der Waals surface area contributed by atoms with Gasteiger partial charge in [0.25, 0.3) is 0 Å². The SMILES string of the molecule is CCCCC(CC)CNC(=O)C=Cc1ccc(Br)cc1. The lowest BCUT2D eigenvalue weighted by Gasteiger charge is -2.14. The second kappa shape index (κ2) is 9.76. The Bertz CT molecular complexity index is 425. The molecule has 110 valence electrons. The third kappa shape index (κ3) is 6.90. The van der Waals surface area contributed by atoms with Gasteiger partial charge in [-0.1, -0.05) is 61.2 Å². The van der Waals surface area contributed by atoms with Gasteiger partial charge < -0.3 is 5.32 Å². The van der Waals surface area contributed by atoms with Crippen LogP contribution in [0.4, 0.5) is 0 Å². The number of carbonyl (C=O) groups is 1. The predicted octanol–water partition coefficient (Wildman–Crippen LogP) is 4.79. The quantitative estimate of drug-likeness (QED) is 0.678. The minimum absolute atomic E-state index is 0.0112. The van der Waals surface area contributed by atoms with Crippen LogP contribution in [0.15, 0.2) is 34.8 Å². The molecule has 1 aromatic rings. The first kappa shape index (κ1) is 17.0. The van der Waals surface area contributed by atoms with E-state index in [1.54, 1.807) is 6.08 Å². The van der Waals surface area contributed by atoms with Gasteiger partial charge >= 0.3 is 0 Å².